The fraction of sp³-hybridized carbons (Fsp3) is 0.538. The lowest BCUT2D eigenvalue weighted by atomic mass is 10.1. The van der Waals surface area contributed by atoms with Gasteiger partial charge in [-0.2, -0.15) is 0 Å². The second-order valence-corrected chi connectivity index (χ2v) is 4.40. The molecule has 16 heavy (non-hydrogen) atoms. The van der Waals surface area contributed by atoms with E-state index in [-0.39, 0.29) is 6.04 Å². The molecule has 2 rings (SSSR count). The third-order valence-electron chi connectivity index (χ3n) is 3.15. The number of nitrogens with one attached hydrogen (secondary N) is 1. The molecular formula is C13H19N2O. The fourth-order valence-corrected chi connectivity index (χ4v) is 2.08. The van der Waals surface area contributed by atoms with Gasteiger partial charge in [-0.05, 0) is 30.5 Å². The maximum atomic E-state index is 7.65. The van der Waals surface area contributed by atoms with Crippen molar-refractivity contribution in [1.82, 2.24) is 10.6 Å². The highest BCUT2D eigenvalue weighted by Crippen LogP contribution is 2.16. The van der Waals surface area contributed by atoms with Gasteiger partial charge in [-0.3, -0.25) is 10.6 Å². The van der Waals surface area contributed by atoms with Crippen LogP contribution in [0.5, 0.6) is 5.75 Å². The number of hydrogen-bond acceptors (Lipinski definition) is 2. The van der Waals surface area contributed by atoms with Gasteiger partial charge in [0, 0.05) is 25.7 Å². The van der Waals surface area contributed by atoms with Crippen molar-refractivity contribution in [3.8, 4) is 5.75 Å². The zero-order chi connectivity index (χ0) is 11.4. The van der Waals surface area contributed by atoms with Crippen LogP contribution in [-0.2, 0) is 6.54 Å². The summed E-state index contributed by atoms with van der Waals surface area (Å²) in [6.07, 6.45) is 2.02. The predicted octanol–water partition coefficient (Wildman–Crippen LogP) is 1.94. The summed E-state index contributed by atoms with van der Waals surface area (Å²) in [5.74, 6) is 0.911. The topological polar surface area (TPSA) is 36.3 Å². The molecule has 0 amide bonds. The SMILES string of the molecule is COc1ccc(CN2CCC([NH])CC2)cc1. The normalized spacial score (nSPS) is 18.6. The van der Waals surface area contributed by atoms with Crippen molar-refractivity contribution >= 4 is 0 Å². The van der Waals surface area contributed by atoms with Crippen LogP contribution in [-0.4, -0.2) is 31.1 Å². The van der Waals surface area contributed by atoms with Crippen LogP contribution in [0.1, 0.15) is 18.4 Å². The van der Waals surface area contributed by atoms with Crippen LogP contribution in [0, 0.1) is 0 Å². The number of likely N-dealkylation sites (tertiary alicyclic amines) is 1. The van der Waals surface area contributed by atoms with Gasteiger partial charge < -0.3 is 4.74 Å². The van der Waals surface area contributed by atoms with Crippen LogP contribution < -0.4 is 10.5 Å². The Kier molecular flexibility index (Phi) is 3.80. The number of rotatable bonds is 3. The van der Waals surface area contributed by atoms with E-state index in [1.807, 2.05) is 12.1 Å². The molecule has 0 aliphatic carbocycles. The molecule has 3 nitrogen and oxygen atoms in total. The summed E-state index contributed by atoms with van der Waals surface area (Å²) in [7, 11) is 1.69. The summed E-state index contributed by atoms with van der Waals surface area (Å²) in [5.41, 5.74) is 8.97. The van der Waals surface area contributed by atoms with Crippen molar-refractivity contribution in [1.29, 1.82) is 0 Å². The average Bonchev–Trinajstić information content (AvgIpc) is 2.33. The van der Waals surface area contributed by atoms with Crippen molar-refractivity contribution in [2.45, 2.75) is 25.4 Å². The molecule has 0 unspecified atom stereocenters. The Morgan fingerprint density at radius 2 is 1.88 bits per heavy atom. The molecule has 87 valence electrons. The lowest BCUT2D eigenvalue weighted by Gasteiger charge is -2.29. The van der Waals surface area contributed by atoms with Crippen LogP contribution in [0.25, 0.3) is 0 Å². The largest absolute Gasteiger partial charge is 0.497 e. The molecule has 1 aliphatic heterocycles. The van der Waals surface area contributed by atoms with Gasteiger partial charge in [0.25, 0.3) is 0 Å². The zero-order valence-corrected chi connectivity index (χ0v) is 9.78. The van der Waals surface area contributed by atoms with Gasteiger partial charge >= 0.3 is 0 Å². The third kappa shape index (κ3) is 2.97. The highest BCUT2D eigenvalue weighted by atomic mass is 16.5. The minimum Gasteiger partial charge on any atom is -0.497 e. The van der Waals surface area contributed by atoms with Crippen molar-refractivity contribution in [2.24, 2.45) is 0 Å². The number of piperidine rings is 1. The number of nitrogens with zero attached hydrogens (tertiary/aromatic N) is 1. The predicted molar refractivity (Wildman–Crippen MR) is 64.4 cm³/mol. The Morgan fingerprint density at radius 3 is 2.44 bits per heavy atom. The first-order valence-corrected chi connectivity index (χ1v) is 5.84. The second-order valence-electron chi connectivity index (χ2n) is 4.40. The van der Waals surface area contributed by atoms with Crippen LogP contribution >= 0.6 is 0 Å². The molecule has 1 fully saturated rings. The van der Waals surface area contributed by atoms with Gasteiger partial charge in [0.2, 0.25) is 0 Å². The fourth-order valence-electron chi connectivity index (χ4n) is 2.08. The summed E-state index contributed by atoms with van der Waals surface area (Å²) in [6.45, 7) is 3.11. The maximum Gasteiger partial charge on any atom is 0.118 e. The van der Waals surface area contributed by atoms with Gasteiger partial charge in [0.05, 0.1) is 7.11 Å². The molecule has 1 N–H and O–H groups in total. The van der Waals surface area contributed by atoms with Crippen molar-refractivity contribution < 1.29 is 4.74 Å². The van der Waals surface area contributed by atoms with Crippen molar-refractivity contribution in [3.05, 3.63) is 29.8 Å². The van der Waals surface area contributed by atoms with Crippen LogP contribution in [0.4, 0.5) is 0 Å². The molecule has 0 saturated carbocycles. The molecule has 1 aliphatic rings. The zero-order valence-electron chi connectivity index (χ0n) is 9.78. The third-order valence-corrected chi connectivity index (χ3v) is 3.15. The van der Waals surface area contributed by atoms with E-state index in [4.69, 9.17) is 10.5 Å². The Balaban J connectivity index is 1.88. The first-order chi connectivity index (χ1) is 7.78. The van der Waals surface area contributed by atoms with E-state index in [1.54, 1.807) is 7.11 Å². The summed E-state index contributed by atoms with van der Waals surface area (Å²) in [5, 5.41) is 0. The molecular weight excluding hydrogens is 200 g/mol. The summed E-state index contributed by atoms with van der Waals surface area (Å²) in [4.78, 5) is 2.42. The molecule has 0 aromatic heterocycles. The van der Waals surface area contributed by atoms with Gasteiger partial charge in [0.1, 0.15) is 5.75 Å². The molecule has 1 aromatic carbocycles. The summed E-state index contributed by atoms with van der Waals surface area (Å²) < 4.78 is 5.13. The van der Waals surface area contributed by atoms with Crippen molar-refractivity contribution in [2.75, 3.05) is 20.2 Å². The lowest BCUT2D eigenvalue weighted by Crippen LogP contribution is -2.35. The molecule has 1 aromatic rings. The van der Waals surface area contributed by atoms with Gasteiger partial charge in [-0.1, -0.05) is 12.1 Å². The Labute approximate surface area is 97.2 Å². The summed E-state index contributed by atoms with van der Waals surface area (Å²) in [6, 6.07) is 8.41. The minimum atomic E-state index is 0.159. The number of ether oxygens (including phenoxy) is 1. The van der Waals surface area contributed by atoms with Crippen LogP contribution in [0.2, 0.25) is 0 Å². The number of benzene rings is 1. The lowest BCUT2D eigenvalue weighted by molar-refractivity contribution is 0.203. The molecule has 3 heteroatoms. The van der Waals surface area contributed by atoms with Crippen LogP contribution in [0.3, 0.4) is 0 Å². The Morgan fingerprint density at radius 1 is 1.25 bits per heavy atom. The van der Waals surface area contributed by atoms with E-state index in [2.05, 4.69) is 17.0 Å². The molecule has 1 saturated heterocycles. The summed E-state index contributed by atoms with van der Waals surface area (Å²) >= 11 is 0. The Bertz CT molecular complexity index is 315. The van der Waals surface area contributed by atoms with E-state index in [9.17, 15) is 0 Å². The van der Waals surface area contributed by atoms with E-state index < -0.39 is 0 Å². The van der Waals surface area contributed by atoms with Crippen LogP contribution in [0.15, 0.2) is 24.3 Å². The highest BCUT2D eigenvalue weighted by Gasteiger charge is 2.16. The number of methoxy groups -OCH3 is 1. The molecule has 1 heterocycles. The first-order valence-electron chi connectivity index (χ1n) is 5.84. The molecule has 0 bridgehead atoms. The monoisotopic (exact) mass is 219 g/mol. The molecule has 0 atom stereocenters. The number of hydrogen-bond donors (Lipinski definition) is 0. The quantitative estimate of drug-likeness (QED) is 0.779. The van der Waals surface area contributed by atoms with Gasteiger partial charge in [-0.25, -0.2) is 0 Å². The van der Waals surface area contributed by atoms with E-state index in [0.29, 0.717) is 0 Å². The smallest absolute Gasteiger partial charge is 0.118 e. The first kappa shape index (κ1) is 11.4. The molecule has 1 radical (unpaired) electrons. The van der Waals surface area contributed by atoms with E-state index >= 15 is 0 Å². The van der Waals surface area contributed by atoms with Gasteiger partial charge in [0.15, 0.2) is 0 Å². The Hall–Kier alpha value is -1.06. The minimum absolute atomic E-state index is 0.159. The van der Waals surface area contributed by atoms with E-state index in [0.717, 1.165) is 38.2 Å². The molecule has 0 spiro atoms. The maximum absolute atomic E-state index is 7.65. The van der Waals surface area contributed by atoms with Gasteiger partial charge in [-0.15, -0.1) is 0 Å². The standard InChI is InChI=1S/C13H19N2O/c1-16-13-4-2-11(3-5-13)10-15-8-6-12(14)7-9-15/h2-5,12,14H,6-10H2,1H3. The van der Waals surface area contributed by atoms with E-state index in [1.165, 1.54) is 5.56 Å². The van der Waals surface area contributed by atoms with Crippen molar-refractivity contribution in [3.63, 3.8) is 0 Å². The average molecular weight is 219 g/mol. The second kappa shape index (κ2) is 5.32. The highest BCUT2D eigenvalue weighted by molar-refractivity contribution is 5.27.